The van der Waals surface area contributed by atoms with Crippen molar-refractivity contribution in [1.29, 1.82) is 0 Å². The van der Waals surface area contributed by atoms with Crippen LogP contribution in [0.1, 0.15) is 22.1 Å². The van der Waals surface area contributed by atoms with Crippen LogP contribution in [0.2, 0.25) is 0 Å². The van der Waals surface area contributed by atoms with E-state index < -0.39 is 41.0 Å². The number of halogens is 5. The van der Waals surface area contributed by atoms with E-state index in [1.807, 2.05) is 0 Å². The summed E-state index contributed by atoms with van der Waals surface area (Å²) in [6, 6.07) is -0.577. The highest BCUT2D eigenvalue weighted by Gasteiger charge is 2.45. The van der Waals surface area contributed by atoms with E-state index >= 15 is 0 Å². The van der Waals surface area contributed by atoms with Crippen LogP contribution >= 0.6 is 0 Å². The van der Waals surface area contributed by atoms with E-state index in [9.17, 15) is 26.7 Å². The molecule has 0 fully saturated rings. The molecule has 116 valence electrons. The molecule has 0 saturated carbocycles. The number of rotatable bonds is 3. The average molecular weight is 317 g/mol. The van der Waals surface area contributed by atoms with Crippen LogP contribution in [0, 0.1) is 11.6 Å². The molecule has 0 aliphatic heterocycles. The van der Waals surface area contributed by atoms with Gasteiger partial charge in [0, 0.05) is 12.4 Å². The van der Waals surface area contributed by atoms with Crippen molar-refractivity contribution < 1.29 is 26.7 Å². The summed E-state index contributed by atoms with van der Waals surface area (Å²) < 4.78 is 66.3. The van der Waals surface area contributed by atoms with Crippen molar-refractivity contribution >= 4 is 5.91 Å². The summed E-state index contributed by atoms with van der Waals surface area (Å²) in [5.74, 6) is -4.08. The molecule has 0 spiro atoms. The number of amides is 1. The Bertz CT molecular complexity index is 655. The molecule has 1 heterocycles. The van der Waals surface area contributed by atoms with Crippen molar-refractivity contribution in [2.45, 2.75) is 12.2 Å². The first-order valence-electron chi connectivity index (χ1n) is 5.88. The van der Waals surface area contributed by atoms with Crippen molar-refractivity contribution in [3.8, 4) is 0 Å². The van der Waals surface area contributed by atoms with Crippen molar-refractivity contribution in [2.75, 3.05) is 0 Å². The molecule has 1 N–H and O–H groups in total. The number of nitrogens with one attached hydrogen (secondary N) is 1. The first kappa shape index (κ1) is 15.8. The summed E-state index contributed by atoms with van der Waals surface area (Å²) >= 11 is 0. The van der Waals surface area contributed by atoms with Gasteiger partial charge in [0.1, 0.15) is 17.3 Å². The predicted molar refractivity (Wildman–Crippen MR) is 64.7 cm³/mol. The van der Waals surface area contributed by atoms with E-state index in [4.69, 9.17) is 0 Å². The highest BCUT2D eigenvalue weighted by atomic mass is 19.4. The van der Waals surface area contributed by atoms with Crippen LogP contribution in [0.5, 0.6) is 0 Å². The molecule has 22 heavy (non-hydrogen) atoms. The number of aromatic nitrogens is 2. The maximum atomic E-state index is 13.6. The van der Waals surface area contributed by atoms with Gasteiger partial charge in [0.05, 0.1) is 11.8 Å². The highest BCUT2D eigenvalue weighted by Crippen LogP contribution is 2.35. The Morgan fingerprint density at radius 3 is 2.27 bits per heavy atom. The fraction of sp³-hybridized carbons (Fsp3) is 0.154. The van der Waals surface area contributed by atoms with Gasteiger partial charge in [-0.15, -0.1) is 0 Å². The molecule has 0 saturated heterocycles. The Labute approximate surface area is 121 Å². The van der Waals surface area contributed by atoms with Gasteiger partial charge < -0.3 is 5.32 Å². The fourth-order valence-corrected chi connectivity index (χ4v) is 1.73. The molecule has 0 aliphatic rings. The van der Waals surface area contributed by atoms with E-state index in [0.29, 0.717) is 12.1 Å². The Kier molecular flexibility index (Phi) is 4.34. The zero-order chi connectivity index (χ0) is 16.3. The zero-order valence-corrected chi connectivity index (χ0v) is 10.7. The lowest BCUT2D eigenvalue weighted by Gasteiger charge is -2.22. The molecule has 1 aromatic heterocycles. The van der Waals surface area contributed by atoms with Gasteiger partial charge in [-0.3, -0.25) is 9.78 Å². The van der Waals surface area contributed by atoms with Crippen molar-refractivity contribution in [3.05, 3.63) is 59.7 Å². The molecular weight excluding hydrogens is 309 g/mol. The first-order chi connectivity index (χ1) is 10.3. The minimum absolute atomic E-state index is 0.409. The minimum Gasteiger partial charge on any atom is -0.335 e. The lowest BCUT2D eigenvalue weighted by Crippen LogP contribution is -2.39. The van der Waals surface area contributed by atoms with Gasteiger partial charge in [-0.25, -0.2) is 13.8 Å². The SMILES string of the molecule is O=C(N[C@H](c1c(F)cccc1F)C(F)(F)F)c1cnccn1. The number of benzene rings is 1. The Morgan fingerprint density at radius 2 is 1.77 bits per heavy atom. The third kappa shape index (κ3) is 3.35. The van der Waals surface area contributed by atoms with Crippen LogP contribution in [0.3, 0.4) is 0 Å². The zero-order valence-electron chi connectivity index (χ0n) is 10.7. The standard InChI is InChI=1S/C13H8F5N3O/c14-7-2-1-3-8(15)10(7)11(13(16,17)18)21-12(22)9-6-19-4-5-20-9/h1-6,11H,(H,21,22)/t11-/m1/s1. The molecule has 9 heteroatoms. The van der Waals surface area contributed by atoms with Gasteiger partial charge in [-0.1, -0.05) is 6.07 Å². The molecule has 4 nitrogen and oxygen atoms in total. The van der Waals surface area contributed by atoms with Gasteiger partial charge in [0.25, 0.3) is 5.91 Å². The van der Waals surface area contributed by atoms with Crippen LogP contribution in [0.4, 0.5) is 22.0 Å². The molecule has 1 amide bonds. The average Bonchev–Trinajstić information content (AvgIpc) is 2.45. The van der Waals surface area contributed by atoms with Crippen LogP contribution in [-0.4, -0.2) is 22.1 Å². The van der Waals surface area contributed by atoms with E-state index in [1.165, 1.54) is 11.5 Å². The lowest BCUT2D eigenvalue weighted by molar-refractivity contribution is -0.156. The van der Waals surface area contributed by atoms with Crippen molar-refractivity contribution in [3.63, 3.8) is 0 Å². The smallest absolute Gasteiger partial charge is 0.335 e. The number of carbonyl (C=O) groups excluding carboxylic acids is 1. The molecule has 1 atom stereocenters. The summed E-state index contributed by atoms with van der Waals surface area (Å²) in [7, 11) is 0. The van der Waals surface area contributed by atoms with Gasteiger partial charge in [-0.05, 0) is 12.1 Å². The topological polar surface area (TPSA) is 54.9 Å². The predicted octanol–water partition coefficient (Wildman–Crippen LogP) is 2.79. The third-order valence-electron chi connectivity index (χ3n) is 2.69. The number of hydrogen-bond acceptors (Lipinski definition) is 3. The Morgan fingerprint density at radius 1 is 1.14 bits per heavy atom. The number of nitrogens with zero attached hydrogens (tertiary/aromatic N) is 2. The lowest BCUT2D eigenvalue weighted by atomic mass is 10.0. The second kappa shape index (κ2) is 6.04. The minimum atomic E-state index is -5.10. The molecule has 0 unspecified atom stereocenters. The van der Waals surface area contributed by atoms with Gasteiger partial charge in [0.15, 0.2) is 6.04 Å². The summed E-state index contributed by atoms with van der Waals surface area (Å²) in [5, 5.41) is 1.52. The summed E-state index contributed by atoms with van der Waals surface area (Å²) in [6.07, 6.45) is -1.85. The number of alkyl halides is 3. The number of carbonyl (C=O) groups is 1. The maximum absolute atomic E-state index is 13.6. The van der Waals surface area contributed by atoms with Gasteiger partial charge in [-0.2, -0.15) is 13.2 Å². The number of hydrogen-bond donors (Lipinski definition) is 1. The van der Waals surface area contributed by atoms with Crippen LogP contribution in [-0.2, 0) is 0 Å². The quantitative estimate of drug-likeness (QED) is 0.886. The second-order valence-electron chi connectivity index (χ2n) is 4.17. The highest BCUT2D eigenvalue weighted by molar-refractivity contribution is 5.92. The second-order valence-corrected chi connectivity index (χ2v) is 4.17. The van der Waals surface area contributed by atoms with E-state index in [1.54, 1.807) is 0 Å². The molecule has 1 aromatic carbocycles. The maximum Gasteiger partial charge on any atom is 0.413 e. The molecule has 2 rings (SSSR count). The molecule has 2 aromatic rings. The van der Waals surface area contributed by atoms with Crippen LogP contribution in [0.15, 0.2) is 36.8 Å². The summed E-state index contributed by atoms with van der Waals surface area (Å²) in [4.78, 5) is 18.8. The fourth-order valence-electron chi connectivity index (χ4n) is 1.73. The van der Waals surface area contributed by atoms with E-state index in [0.717, 1.165) is 18.5 Å². The van der Waals surface area contributed by atoms with Gasteiger partial charge in [0.2, 0.25) is 0 Å². The van der Waals surface area contributed by atoms with Crippen molar-refractivity contribution in [2.24, 2.45) is 0 Å². The van der Waals surface area contributed by atoms with E-state index in [-0.39, 0.29) is 0 Å². The largest absolute Gasteiger partial charge is 0.413 e. The molecule has 0 bridgehead atoms. The van der Waals surface area contributed by atoms with Gasteiger partial charge >= 0.3 is 6.18 Å². The van der Waals surface area contributed by atoms with E-state index in [2.05, 4.69) is 9.97 Å². The first-order valence-corrected chi connectivity index (χ1v) is 5.88. The molecule has 0 aliphatic carbocycles. The van der Waals surface area contributed by atoms with Crippen LogP contribution in [0.25, 0.3) is 0 Å². The van der Waals surface area contributed by atoms with Crippen molar-refractivity contribution in [1.82, 2.24) is 15.3 Å². The summed E-state index contributed by atoms with van der Waals surface area (Å²) in [6.45, 7) is 0. The summed E-state index contributed by atoms with van der Waals surface area (Å²) in [5.41, 5.74) is -1.69. The molecular formula is C13H8F5N3O. The Hall–Kier alpha value is -2.58. The normalized spacial score (nSPS) is 12.8. The Balaban J connectivity index is 2.39. The van der Waals surface area contributed by atoms with Crippen LogP contribution < -0.4 is 5.32 Å². The monoisotopic (exact) mass is 317 g/mol. The molecule has 0 radical (unpaired) electrons. The third-order valence-corrected chi connectivity index (χ3v) is 2.69.